The van der Waals surface area contributed by atoms with Gasteiger partial charge >= 0.3 is 0 Å². The fourth-order valence-corrected chi connectivity index (χ4v) is 4.07. The fourth-order valence-electron chi connectivity index (χ4n) is 4.07. The standard InChI is InChI=1S/C19H25N3O4/c1-21(2)17(23)11-25-8-13-6-20-5-12-7-22(4-3-14(12)13)19(24)18-15-9-26-10-16(15)18/h5-6,15-16,18H,3-4,7-11H2,1-2H3/t15-,16+,18?. The van der Waals surface area contributed by atoms with E-state index in [2.05, 4.69) is 4.98 Å². The van der Waals surface area contributed by atoms with Crippen molar-refractivity contribution in [3.05, 3.63) is 29.1 Å². The number of likely N-dealkylation sites (N-methyl/N-ethyl adjacent to an activating group) is 1. The van der Waals surface area contributed by atoms with Gasteiger partial charge in [-0.05, 0) is 34.9 Å². The van der Waals surface area contributed by atoms with E-state index in [1.54, 1.807) is 20.3 Å². The van der Waals surface area contributed by atoms with Gasteiger partial charge in [-0.3, -0.25) is 14.6 Å². The minimum Gasteiger partial charge on any atom is -0.381 e. The molecule has 3 atom stereocenters. The van der Waals surface area contributed by atoms with Crippen molar-refractivity contribution in [1.82, 2.24) is 14.8 Å². The van der Waals surface area contributed by atoms with Gasteiger partial charge in [-0.15, -0.1) is 0 Å². The SMILES string of the molecule is CN(C)C(=O)COCc1cncc2c1CCN(C(=O)C1[C@H]3COC[C@@H]13)C2. The Kier molecular flexibility index (Phi) is 4.67. The second kappa shape index (κ2) is 6.96. The van der Waals surface area contributed by atoms with E-state index in [4.69, 9.17) is 9.47 Å². The summed E-state index contributed by atoms with van der Waals surface area (Å²) in [5.74, 6) is 1.26. The van der Waals surface area contributed by atoms with Crippen molar-refractivity contribution in [3.8, 4) is 0 Å². The van der Waals surface area contributed by atoms with Crippen LogP contribution in [0.1, 0.15) is 16.7 Å². The van der Waals surface area contributed by atoms with Gasteiger partial charge in [-0.25, -0.2) is 0 Å². The number of rotatable bonds is 5. The van der Waals surface area contributed by atoms with Crippen LogP contribution in [0.4, 0.5) is 0 Å². The van der Waals surface area contributed by atoms with Gasteiger partial charge in [0.1, 0.15) is 6.61 Å². The second-order valence-corrected chi connectivity index (χ2v) is 7.62. The van der Waals surface area contributed by atoms with Gasteiger partial charge in [-0.2, -0.15) is 0 Å². The number of aromatic nitrogens is 1. The minimum atomic E-state index is -0.0570. The molecule has 1 unspecified atom stereocenters. The Labute approximate surface area is 153 Å². The summed E-state index contributed by atoms with van der Waals surface area (Å²) in [5.41, 5.74) is 3.31. The van der Waals surface area contributed by atoms with E-state index in [0.29, 0.717) is 25.0 Å². The molecule has 26 heavy (non-hydrogen) atoms. The van der Waals surface area contributed by atoms with Gasteiger partial charge in [0, 0.05) is 45.5 Å². The number of nitrogens with zero attached hydrogens (tertiary/aromatic N) is 3. The molecule has 0 spiro atoms. The first-order valence-corrected chi connectivity index (χ1v) is 9.15. The minimum absolute atomic E-state index is 0.0570. The Balaban J connectivity index is 1.37. The van der Waals surface area contributed by atoms with Crippen LogP contribution in [0.2, 0.25) is 0 Å². The molecule has 0 N–H and O–H groups in total. The normalized spacial score (nSPS) is 26.2. The van der Waals surface area contributed by atoms with Crippen LogP contribution in [0.5, 0.6) is 0 Å². The summed E-state index contributed by atoms with van der Waals surface area (Å²) in [6, 6.07) is 0. The summed E-state index contributed by atoms with van der Waals surface area (Å²) in [5, 5.41) is 0. The van der Waals surface area contributed by atoms with Gasteiger partial charge in [0.05, 0.1) is 19.8 Å². The predicted molar refractivity (Wildman–Crippen MR) is 93.0 cm³/mol. The lowest BCUT2D eigenvalue weighted by Gasteiger charge is -2.30. The molecule has 1 aromatic rings. The number of hydrogen-bond acceptors (Lipinski definition) is 5. The van der Waals surface area contributed by atoms with Gasteiger partial charge in [0.25, 0.3) is 0 Å². The van der Waals surface area contributed by atoms with E-state index in [9.17, 15) is 9.59 Å². The third kappa shape index (κ3) is 3.21. The molecule has 3 aliphatic rings. The monoisotopic (exact) mass is 359 g/mol. The second-order valence-electron chi connectivity index (χ2n) is 7.62. The third-order valence-electron chi connectivity index (χ3n) is 5.76. The van der Waals surface area contributed by atoms with Crippen molar-refractivity contribution < 1.29 is 19.1 Å². The summed E-state index contributed by atoms with van der Waals surface area (Å²) in [6.45, 7) is 3.25. The highest BCUT2D eigenvalue weighted by molar-refractivity contribution is 5.83. The molecule has 0 aromatic carbocycles. The first-order chi connectivity index (χ1) is 12.6. The zero-order chi connectivity index (χ0) is 18.3. The Morgan fingerprint density at radius 3 is 2.81 bits per heavy atom. The smallest absolute Gasteiger partial charge is 0.248 e. The molecule has 2 amide bonds. The molecular formula is C19H25N3O4. The van der Waals surface area contributed by atoms with Crippen molar-refractivity contribution >= 4 is 11.8 Å². The summed E-state index contributed by atoms with van der Waals surface area (Å²) in [4.78, 5) is 32.2. The topological polar surface area (TPSA) is 72.0 Å². The van der Waals surface area contributed by atoms with Crippen molar-refractivity contribution in [2.24, 2.45) is 17.8 Å². The third-order valence-corrected chi connectivity index (χ3v) is 5.76. The Hall–Kier alpha value is -1.99. The van der Waals surface area contributed by atoms with Crippen molar-refractivity contribution in [2.75, 3.05) is 40.5 Å². The van der Waals surface area contributed by atoms with E-state index < -0.39 is 0 Å². The number of pyridine rings is 1. The number of fused-ring (bicyclic) bond motifs is 2. The van der Waals surface area contributed by atoms with Gasteiger partial charge in [-0.1, -0.05) is 0 Å². The maximum atomic E-state index is 12.8. The lowest BCUT2D eigenvalue weighted by molar-refractivity contribution is -0.135. The zero-order valence-corrected chi connectivity index (χ0v) is 15.3. The molecule has 4 rings (SSSR count). The molecule has 140 valence electrons. The first-order valence-electron chi connectivity index (χ1n) is 9.15. The Bertz CT molecular complexity index is 711. The van der Waals surface area contributed by atoms with Crippen LogP contribution in [-0.2, 0) is 38.6 Å². The zero-order valence-electron chi connectivity index (χ0n) is 15.3. The van der Waals surface area contributed by atoms with Crippen molar-refractivity contribution in [1.29, 1.82) is 0 Å². The lowest BCUT2D eigenvalue weighted by atomic mass is 9.97. The maximum Gasteiger partial charge on any atom is 0.248 e. The largest absolute Gasteiger partial charge is 0.381 e. The van der Waals surface area contributed by atoms with Crippen LogP contribution >= 0.6 is 0 Å². The summed E-state index contributed by atoms with van der Waals surface area (Å²) in [6.07, 6.45) is 4.46. The molecule has 0 bridgehead atoms. The molecule has 7 nitrogen and oxygen atoms in total. The quantitative estimate of drug-likeness (QED) is 0.764. The molecule has 2 fully saturated rings. The highest BCUT2D eigenvalue weighted by Gasteiger charge is 2.59. The number of ether oxygens (including phenoxy) is 2. The van der Waals surface area contributed by atoms with Crippen LogP contribution in [0.25, 0.3) is 0 Å². The molecule has 0 radical (unpaired) electrons. The predicted octanol–water partition coefficient (Wildman–Crippen LogP) is 0.464. The van der Waals surface area contributed by atoms with Crippen LogP contribution in [0.15, 0.2) is 12.4 Å². The van der Waals surface area contributed by atoms with Gasteiger partial charge in [0.2, 0.25) is 11.8 Å². The summed E-state index contributed by atoms with van der Waals surface area (Å²) < 4.78 is 10.9. The Morgan fingerprint density at radius 1 is 1.31 bits per heavy atom. The van der Waals surface area contributed by atoms with Crippen LogP contribution in [0, 0.1) is 17.8 Å². The van der Waals surface area contributed by atoms with Gasteiger partial charge < -0.3 is 19.3 Å². The molecular weight excluding hydrogens is 334 g/mol. The molecule has 2 aliphatic heterocycles. The molecule has 7 heteroatoms. The average Bonchev–Trinajstić information content (AvgIpc) is 3.11. The summed E-state index contributed by atoms with van der Waals surface area (Å²) >= 11 is 0. The van der Waals surface area contributed by atoms with Crippen LogP contribution in [0.3, 0.4) is 0 Å². The number of carbonyl (C=O) groups excluding carboxylic acids is 2. The molecule has 1 aliphatic carbocycles. The summed E-state index contributed by atoms with van der Waals surface area (Å²) in [7, 11) is 3.42. The molecule has 1 aromatic heterocycles. The van der Waals surface area contributed by atoms with E-state index in [0.717, 1.165) is 37.3 Å². The molecule has 1 saturated carbocycles. The van der Waals surface area contributed by atoms with Gasteiger partial charge in [0.15, 0.2) is 0 Å². The van der Waals surface area contributed by atoms with E-state index in [-0.39, 0.29) is 24.3 Å². The number of amides is 2. The Morgan fingerprint density at radius 2 is 2.08 bits per heavy atom. The molecule has 3 heterocycles. The fraction of sp³-hybridized carbons (Fsp3) is 0.632. The highest BCUT2D eigenvalue weighted by atomic mass is 16.5. The highest BCUT2D eigenvalue weighted by Crippen LogP contribution is 2.51. The lowest BCUT2D eigenvalue weighted by Crippen LogP contribution is -2.38. The van der Waals surface area contributed by atoms with Crippen molar-refractivity contribution in [2.45, 2.75) is 19.6 Å². The van der Waals surface area contributed by atoms with E-state index in [1.807, 2.05) is 11.1 Å². The average molecular weight is 359 g/mol. The number of hydrogen-bond donors (Lipinski definition) is 0. The first kappa shape index (κ1) is 17.4. The van der Waals surface area contributed by atoms with E-state index in [1.165, 1.54) is 10.5 Å². The number of carbonyl (C=O) groups is 2. The van der Waals surface area contributed by atoms with E-state index >= 15 is 0 Å². The molecule has 1 saturated heterocycles. The van der Waals surface area contributed by atoms with Crippen LogP contribution in [-0.4, -0.2) is 67.1 Å². The maximum absolute atomic E-state index is 12.8. The van der Waals surface area contributed by atoms with Crippen LogP contribution < -0.4 is 0 Å². The van der Waals surface area contributed by atoms with Crippen molar-refractivity contribution in [3.63, 3.8) is 0 Å².